The van der Waals surface area contributed by atoms with E-state index in [9.17, 15) is 24.0 Å². The molecule has 0 bridgehead atoms. The molecular weight excluding hydrogens is 716 g/mol. The Morgan fingerprint density at radius 1 is 0.643 bits per heavy atom. The Kier molecular flexibility index (Phi) is 15.8. The van der Waals surface area contributed by atoms with Crippen molar-refractivity contribution < 1.29 is 42.9 Å². The van der Waals surface area contributed by atoms with Gasteiger partial charge in [-0.3, -0.25) is 14.4 Å². The van der Waals surface area contributed by atoms with Gasteiger partial charge < -0.3 is 34.1 Å². The van der Waals surface area contributed by atoms with Crippen molar-refractivity contribution in [1.82, 2.24) is 20.2 Å². The van der Waals surface area contributed by atoms with Crippen LogP contribution in [-0.2, 0) is 71.0 Å². The molecular formula is C43H44N4O9. The van der Waals surface area contributed by atoms with E-state index in [0.29, 0.717) is 25.1 Å². The molecule has 0 unspecified atom stereocenters. The van der Waals surface area contributed by atoms with Crippen molar-refractivity contribution in [2.75, 3.05) is 6.54 Å². The molecule has 1 atom stereocenters. The molecule has 0 saturated heterocycles. The fourth-order valence-electron chi connectivity index (χ4n) is 5.39. The van der Waals surface area contributed by atoms with Gasteiger partial charge in [-0.1, -0.05) is 103 Å². The van der Waals surface area contributed by atoms with Gasteiger partial charge in [0.05, 0.1) is 12.7 Å². The average molecular weight is 761 g/mol. The van der Waals surface area contributed by atoms with Crippen molar-refractivity contribution in [3.8, 4) is 5.75 Å². The largest absolute Gasteiger partial charge is 0.467 e. The molecule has 2 N–H and O–H groups in total. The minimum Gasteiger partial charge on any atom is -0.467 e. The van der Waals surface area contributed by atoms with E-state index in [1.807, 2.05) is 53.2 Å². The minimum absolute atomic E-state index is 0.0714. The lowest BCUT2D eigenvalue weighted by Crippen LogP contribution is -2.48. The van der Waals surface area contributed by atoms with Crippen molar-refractivity contribution in [2.24, 2.45) is 0 Å². The molecule has 2 amide bonds. The minimum atomic E-state index is -1.72. The number of nitrogens with one attached hydrogen (secondary N) is 2. The quantitative estimate of drug-likeness (QED) is 0.0457. The lowest BCUT2D eigenvalue weighted by atomic mass is 10.0. The van der Waals surface area contributed by atoms with E-state index in [0.717, 1.165) is 16.7 Å². The van der Waals surface area contributed by atoms with Crippen molar-refractivity contribution in [2.45, 2.75) is 64.2 Å². The van der Waals surface area contributed by atoms with Gasteiger partial charge in [0.25, 0.3) is 6.10 Å². The first-order valence-electron chi connectivity index (χ1n) is 18.2. The van der Waals surface area contributed by atoms with E-state index in [2.05, 4.69) is 15.6 Å². The predicted molar refractivity (Wildman–Crippen MR) is 204 cm³/mol. The summed E-state index contributed by atoms with van der Waals surface area (Å²) in [5.41, 5.74) is 2.93. The summed E-state index contributed by atoms with van der Waals surface area (Å²) >= 11 is 0. The Hall–Kier alpha value is -6.76. The van der Waals surface area contributed by atoms with Gasteiger partial charge in [0.15, 0.2) is 0 Å². The van der Waals surface area contributed by atoms with Gasteiger partial charge in [-0.05, 0) is 40.8 Å². The number of benzene rings is 4. The van der Waals surface area contributed by atoms with E-state index in [1.54, 1.807) is 85.3 Å². The number of esters is 3. The summed E-state index contributed by atoms with van der Waals surface area (Å²) in [6, 6.07) is 32.7. The summed E-state index contributed by atoms with van der Waals surface area (Å²) in [7, 11) is 0. The second-order valence-corrected chi connectivity index (χ2v) is 12.7. The number of carbonyl (C=O) groups excluding carboxylic acids is 5. The Labute approximate surface area is 324 Å². The molecule has 0 aliphatic rings. The normalized spacial score (nSPS) is 11.2. The van der Waals surface area contributed by atoms with Crippen LogP contribution in [0.15, 0.2) is 134 Å². The van der Waals surface area contributed by atoms with Gasteiger partial charge in [0.1, 0.15) is 31.6 Å². The monoisotopic (exact) mass is 760 g/mol. The fraction of sp³-hybridized carbons (Fsp3) is 0.256. The number of hydrogen-bond donors (Lipinski definition) is 2. The van der Waals surface area contributed by atoms with E-state index >= 15 is 0 Å². The number of nitrogens with zero attached hydrogens (tertiary/aromatic N) is 2. The second kappa shape index (κ2) is 21.8. The first-order chi connectivity index (χ1) is 27.3. The Balaban J connectivity index is 1.20. The molecule has 1 heterocycles. The van der Waals surface area contributed by atoms with Gasteiger partial charge in [0.2, 0.25) is 11.8 Å². The van der Waals surface area contributed by atoms with Crippen LogP contribution in [0.1, 0.15) is 41.5 Å². The van der Waals surface area contributed by atoms with Crippen LogP contribution < -0.4 is 15.4 Å². The molecule has 0 aliphatic heterocycles. The van der Waals surface area contributed by atoms with Crippen LogP contribution in [0.4, 0.5) is 0 Å². The van der Waals surface area contributed by atoms with Gasteiger partial charge in [-0.25, -0.2) is 14.6 Å². The molecule has 13 nitrogen and oxygen atoms in total. The molecule has 0 saturated carbocycles. The summed E-state index contributed by atoms with van der Waals surface area (Å²) in [6.45, 7) is 0.945. The Bertz CT molecular complexity index is 1920. The first kappa shape index (κ1) is 40.4. The zero-order chi connectivity index (χ0) is 39.4. The number of aryl methyl sites for hydroxylation is 1. The summed E-state index contributed by atoms with van der Waals surface area (Å²) in [4.78, 5) is 69.1. The Morgan fingerprint density at radius 2 is 1.20 bits per heavy atom. The summed E-state index contributed by atoms with van der Waals surface area (Å²) < 4.78 is 23.9. The van der Waals surface area contributed by atoms with Crippen molar-refractivity contribution in [3.63, 3.8) is 0 Å². The molecule has 0 spiro atoms. The summed E-state index contributed by atoms with van der Waals surface area (Å²) in [5.74, 6) is -3.11. The SMILES string of the molecule is O=C(CCC(=O)OCc1ccccc1)N[C@@H](Cc1ccc(OC(C(=O)OCc2ccccc2)C(=O)OCc2ccccc2)cc1)C(=O)NCCCn1ccnc1. The van der Waals surface area contributed by atoms with Gasteiger partial charge >= 0.3 is 17.9 Å². The van der Waals surface area contributed by atoms with E-state index in [4.69, 9.17) is 18.9 Å². The molecule has 13 heteroatoms. The Morgan fingerprint density at radius 3 is 1.73 bits per heavy atom. The van der Waals surface area contributed by atoms with Crippen LogP contribution in [0.3, 0.4) is 0 Å². The summed E-state index contributed by atoms with van der Waals surface area (Å²) in [6.07, 6.45) is 3.86. The highest BCUT2D eigenvalue weighted by Gasteiger charge is 2.33. The zero-order valence-electron chi connectivity index (χ0n) is 30.8. The number of imidazole rings is 1. The number of amides is 2. The predicted octanol–water partition coefficient (Wildman–Crippen LogP) is 4.87. The van der Waals surface area contributed by atoms with Gasteiger partial charge in [0, 0.05) is 38.3 Å². The topological polar surface area (TPSA) is 164 Å². The van der Waals surface area contributed by atoms with Crippen LogP contribution in [0.25, 0.3) is 0 Å². The average Bonchev–Trinajstić information content (AvgIpc) is 3.76. The molecule has 4 aromatic carbocycles. The molecule has 5 aromatic rings. The molecule has 1 aromatic heterocycles. The van der Waals surface area contributed by atoms with Gasteiger partial charge in [-0.15, -0.1) is 0 Å². The standard InChI is InChI=1S/C43H44N4O9/c48-38(21-22-39(49)53-28-33-11-4-1-5-12-33)46-37(41(50)45-23-10-25-47-26-24-44-31-47)27-32-17-19-36(20-18-32)56-40(42(51)54-29-34-13-6-2-7-14-34)43(52)55-30-35-15-8-3-9-16-35/h1-9,11-20,24,26,31,37,40H,10,21-23,25,27-30H2,(H,45,50)(H,46,48)/t37-/m0/s1. The van der Waals surface area contributed by atoms with Crippen LogP contribution in [0, 0.1) is 0 Å². The van der Waals surface area contributed by atoms with Crippen LogP contribution in [-0.4, -0.2) is 58.0 Å². The van der Waals surface area contributed by atoms with Crippen LogP contribution in [0.2, 0.25) is 0 Å². The highest BCUT2D eigenvalue weighted by atomic mass is 16.6. The maximum atomic E-state index is 13.4. The fourth-order valence-corrected chi connectivity index (χ4v) is 5.39. The molecule has 0 fully saturated rings. The number of ether oxygens (including phenoxy) is 4. The van der Waals surface area contributed by atoms with Crippen LogP contribution >= 0.6 is 0 Å². The van der Waals surface area contributed by atoms with E-state index in [-0.39, 0.29) is 44.8 Å². The van der Waals surface area contributed by atoms with Crippen molar-refractivity contribution in [3.05, 3.63) is 156 Å². The smallest absolute Gasteiger partial charge is 0.359 e. The number of carbonyl (C=O) groups is 5. The lowest BCUT2D eigenvalue weighted by molar-refractivity contribution is -0.168. The van der Waals surface area contributed by atoms with Crippen molar-refractivity contribution >= 4 is 29.7 Å². The summed E-state index contributed by atoms with van der Waals surface area (Å²) in [5, 5.41) is 5.63. The third-order valence-corrected chi connectivity index (χ3v) is 8.40. The number of hydrogen-bond acceptors (Lipinski definition) is 10. The van der Waals surface area contributed by atoms with E-state index in [1.165, 1.54) is 0 Å². The third kappa shape index (κ3) is 13.9. The van der Waals surface area contributed by atoms with Crippen molar-refractivity contribution in [1.29, 1.82) is 0 Å². The number of aromatic nitrogens is 2. The molecule has 0 aliphatic carbocycles. The van der Waals surface area contributed by atoms with Gasteiger partial charge in [-0.2, -0.15) is 0 Å². The molecule has 0 radical (unpaired) electrons. The lowest BCUT2D eigenvalue weighted by Gasteiger charge is -2.20. The highest BCUT2D eigenvalue weighted by molar-refractivity contribution is 5.98. The molecule has 56 heavy (non-hydrogen) atoms. The first-order valence-corrected chi connectivity index (χ1v) is 18.2. The zero-order valence-corrected chi connectivity index (χ0v) is 30.8. The number of rotatable bonds is 21. The van der Waals surface area contributed by atoms with E-state index < -0.39 is 41.9 Å². The maximum absolute atomic E-state index is 13.4. The second-order valence-electron chi connectivity index (χ2n) is 12.7. The molecule has 290 valence electrons. The maximum Gasteiger partial charge on any atom is 0.359 e. The van der Waals surface area contributed by atoms with Crippen LogP contribution in [0.5, 0.6) is 5.75 Å². The highest BCUT2D eigenvalue weighted by Crippen LogP contribution is 2.18. The third-order valence-electron chi connectivity index (χ3n) is 8.40. The molecule has 5 rings (SSSR count).